The first-order chi connectivity index (χ1) is 9.90. The minimum absolute atomic E-state index is 0.0471. The third-order valence-electron chi connectivity index (χ3n) is 4.18. The lowest BCUT2D eigenvalue weighted by atomic mass is 9.76. The van der Waals surface area contributed by atoms with Crippen molar-refractivity contribution in [2.45, 2.75) is 26.9 Å². The molecular formula is C14H20N2O5. The van der Waals surface area contributed by atoms with Crippen LogP contribution >= 0.6 is 0 Å². The summed E-state index contributed by atoms with van der Waals surface area (Å²) in [5.41, 5.74) is -0.693. The van der Waals surface area contributed by atoms with Crippen molar-refractivity contribution in [2.75, 3.05) is 20.2 Å². The second kappa shape index (κ2) is 5.85. The highest BCUT2D eigenvalue weighted by Crippen LogP contribution is 2.38. The largest absolute Gasteiger partial charge is 0.481 e. The number of aliphatic carboxylic acids is 1. The molecular weight excluding hydrogens is 276 g/mol. The van der Waals surface area contributed by atoms with Crippen molar-refractivity contribution in [2.24, 2.45) is 11.3 Å². The lowest BCUT2D eigenvalue weighted by Crippen LogP contribution is -2.40. The van der Waals surface area contributed by atoms with E-state index in [4.69, 9.17) is 9.26 Å². The molecule has 21 heavy (non-hydrogen) atoms. The van der Waals surface area contributed by atoms with E-state index in [1.165, 1.54) is 18.1 Å². The van der Waals surface area contributed by atoms with Gasteiger partial charge in [-0.1, -0.05) is 19.0 Å². The smallest absolute Gasteiger partial charge is 0.311 e. The fourth-order valence-corrected chi connectivity index (χ4v) is 2.69. The van der Waals surface area contributed by atoms with Crippen LogP contribution in [0.25, 0.3) is 0 Å². The summed E-state index contributed by atoms with van der Waals surface area (Å²) in [6, 6.07) is 1.53. The molecule has 0 saturated carbocycles. The standard InChI is InChI=1S/C14H20N2O5/c1-9(2)14(13(18)19)4-5-16(8-14)12(17)11-6-10(7-20-3)21-15-11/h6,9H,4-5,7-8H2,1-3H3,(H,18,19). The fourth-order valence-electron chi connectivity index (χ4n) is 2.69. The van der Waals surface area contributed by atoms with Gasteiger partial charge in [0.25, 0.3) is 5.91 Å². The maximum Gasteiger partial charge on any atom is 0.311 e. The van der Waals surface area contributed by atoms with Crippen LogP contribution in [0.2, 0.25) is 0 Å². The molecule has 1 aromatic rings. The van der Waals surface area contributed by atoms with E-state index in [0.29, 0.717) is 18.7 Å². The molecule has 1 amide bonds. The lowest BCUT2D eigenvalue weighted by Gasteiger charge is -2.28. The molecule has 7 nitrogen and oxygen atoms in total. The molecule has 0 aliphatic carbocycles. The first kappa shape index (κ1) is 15.5. The predicted octanol–water partition coefficient (Wildman–Crippen LogP) is 1.39. The molecule has 7 heteroatoms. The van der Waals surface area contributed by atoms with Crippen molar-refractivity contribution in [3.8, 4) is 0 Å². The van der Waals surface area contributed by atoms with Gasteiger partial charge in [-0.3, -0.25) is 9.59 Å². The Balaban J connectivity index is 2.12. The van der Waals surface area contributed by atoms with Gasteiger partial charge in [0.15, 0.2) is 11.5 Å². The topological polar surface area (TPSA) is 92.9 Å². The monoisotopic (exact) mass is 296 g/mol. The maximum absolute atomic E-state index is 12.4. The van der Waals surface area contributed by atoms with Gasteiger partial charge in [-0.25, -0.2) is 0 Å². The molecule has 2 rings (SSSR count). The molecule has 1 unspecified atom stereocenters. The van der Waals surface area contributed by atoms with E-state index in [9.17, 15) is 14.7 Å². The van der Waals surface area contributed by atoms with E-state index < -0.39 is 11.4 Å². The zero-order valence-corrected chi connectivity index (χ0v) is 12.5. The number of hydrogen-bond acceptors (Lipinski definition) is 5. The highest BCUT2D eigenvalue weighted by atomic mass is 16.5. The van der Waals surface area contributed by atoms with E-state index in [2.05, 4.69) is 5.16 Å². The van der Waals surface area contributed by atoms with E-state index >= 15 is 0 Å². The summed E-state index contributed by atoms with van der Waals surface area (Å²) in [4.78, 5) is 25.5. The Morgan fingerprint density at radius 3 is 2.81 bits per heavy atom. The average Bonchev–Trinajstić information content (AvgIpc) is 3.05. The van der Waals surface area contributed by atoms with Gasteiger partial charge in [0.2, 0.25) is 0 Å². The van der Waals surface area contributed by atoms with Crippen molar-refractivity contribution in [1.82, 2.24) is 10.1 Å². The van der Waals surface area contributed by atoms with Crippen LogP contribution in [0.5, 0.6) is 0 Å². The zero-order chi connectivity index (χ0) is 15.6. The third-order valence-corrected chi connectivity index (χ3v) is 4.18. The van der Waals surface area contributed by atoms with Gasteiger partial charge in [0.1, 0.15) is 6.61 Å². The number of likely N-dealkylation sites (tertiary alicyclic amines) is 1. The number of nitrogens with zero attached hydrogens (tertiary/aromatic N) is 2. The summed E-state index contributed by atoms with van der Waals surface area (Å²) in [7, 11) is 1.52. The van der Waals surface area contributed by atoms with Crippen LogP contribution in [-0.4, -0.2) is 47.2 Å². The molecule has 0 bridgehead atoms. The summed E-state index contributed by atoms with van der Waals surface area (Å²) in [5, 5.41) is 13.2. The van der Waals surface area contributed by atoms with Gasteiger partial charge in [-0.2, -0.15) is 0 Å². The number of hydrogen-bond donors (Lipinski definition) is 1. The Bertz CT molecular complexity index is 539. The molecule has 0 radical (unpaired) electrons. The molecule has 0 spiro atoms. The number of ether oxygens (including phenoxy) is 1. The van der Waals surface area contributed by atoms with Gasteiger partial charge in [-0.05, 0) is 12.3 Å². The Morgan fingerprint density at radius 1 is 1.57 bits per heavy atom. The molecule has 1 saturated heterocycles. The molecule has 1 aliphatic heterocycles. The minimum atomic E-state index is -0.880. The number of methoxy groups -OCH3 is 1. The van der Waals surface area contributed by atoms with Crippen LogP contribution in [-0.2, 0) is 16.1 Å². The highest BCUT2D eigenvalue weighted by Gasteiger charge is 2.48. The van der Waals surface area contributed by atoms with E-state index in [1.807, 2.05) is 13.8 Å². The Labute approximate surface area is 122 Å². The van der Waals surface area contributed by atoms with Crippen LogP contribution in [0.3, 0.4) is 0 Å². The van der Waals surface area contributed by atoms with Crippen LogP contribution in [0.4, 0.5) is 0 Å². The molecule has 2 heterocycles. The quantitative estimate of drug-likeness (QED) is 0.882. The molecule has 1 aliphatic rings. The first-order valence-corrected chi connectivity index (χ1v) is 6.88. The Morgan fingerprint density at radius 2 is 2.29 bits per heavy atom. The van der Waals surface area contributed by atoms with Gasteiger partial charge in [0, 0.05) is 26.3 Å². The Hall–Kier alpha value is -1.89. The number of carbonyl (C=O) groups is 2. The molecule has 116 valence electrons. The summed E-state index contributed by atoms with van der Waals surface area (Å²) in [5.74, 6) is -0.736. The second-order valence-electron chi connectivity index (χ2n) is 5.70. The van der Waals surface area contributed by atoms with Gasteiger partial charge in [0.05, 0.1) is 5.41 Å². The molecule has 1 fully saturated rings. The third kappa shape index (κ3) is 2.78. The number of amides is 1. The van der Waals surface area contributed by atoms with Gasteiger partial charge >= 0.3 is 5.97 Å². The number of carboxylic acids is 1. The lowest BCUT2D eigenvalue weighted by molar-refractivity contribution is -0.150. The van der Waals surface area contributed by atoms with Crippen molar-refractivity contribution in [3.63, 3.8) is 0 Å². The van der Waals surface area contributed by atoms with Crippen LogP contribution in [0, 0.1) is 11.3 Å². The van der Waals surface area contributed by atoms with E-state index in [1.54, 1.807) is 0 Å². The minimum Gasteiger partial charge on any atom is -0.481 e. The summed E-state index contributed by atoms with van der Waals surface area (Å²) in [6.45, 7) is 4.59. The van der Waals surface area contributed by atoms with E-state index in [0.717, 1.165) is 0 Å². The van der Waals surface area contributed by atoms with E-state index in [-0.39, 0.29) is 30.7 Å². The molecule has 1 aromatic heterocycles. The molecule has 1 N–H and O–H groups in total. The highest BCUT2D eigenvalue weighted by molar-refractivity contribution is 5.93. The molecule has 0 aromatic carbocycles. The SMILES string of the molecule is COCc1cc(C(=O)N2CCC(C(=O)O)(C(C)C)C2)no1. The number of rotatable bonds is 5. The van der Waals surface area contributed by atoms with Crippen LogP contribution in [0.15, 0.2) is 10.6 Å². The van der Waals surface area contributed by atoms with Gasteiger partial charge in [-0.15, -0.1) is 0 Å². The zero-order valence-electron chi connectivity index (χ0n) is 12.5. The first-order valence-electron chi connectivity index (χ1n) is 6.88. The van der Waals surface area contributed by atoms with Crippen molar-refractivity contribution in [1.29, 1.82) is 0 Å². The predicted molar refractivity (Wildman–Crippen MR) is 72.6 cm³/mol. The molecule has 1 atom stereocenters. The van der Waals surface area contributed by atoms with Crippen molar-refractivity contribution < 1.29 is 24.0 Å². The van der Waals surface area contributed by atoms with Gasteiger partial charge < -0.3 is 19.3 Å². The van der Waals surface area contributed by atoms with Crippen LogP contribution < -0.4 is 0 Å². The summed E-state index contributed by atoms with van der Waals surface area (Å²) < 4.78 is 9.90. The summed E-state index contributed by atoms with van der Waals surface area (Å²) in [6.07, 6.45) is 0.453. The number of aromatic nitrogens is 1. The normalized spacial score (nSPS) is 22.0. The summed E-state index contributed by atoms with van der Waals surface area (Å²) >= 11 is 0. The van der Waals surface area contributed by atoms with Crippen molar-refractivity contribution >= 4 is 11.9 Å². The fraction of sp³-hybridized carbons (Fsp3) is 0.643. The second-order valence-corrected chi connectivity index (χ2v) is 5.70. The number of carboxylic acid groups (broad SMARTS) is 1. The Kier molecular flexibility index (Phi) is 4.32. The van der Waals surface area contributed by atoms with Crippen LogP contribution in [0.1, 0.15) is 36.5 Å². The number of carbonyl (C=O) groups excluding carboxylic acids is 1. The average molecular weight is 296 g/mol. The van der Waals surface area contributed by atoms with Crippen molar-refractivity contribution in [3.05, 3.63) is 17.5 Å². The maximum atomic E-state index is 12.4.